The van der Waals surface area contributed by atoms with Gasteiger partial charge in [-0.05, 0) is 30.3 Å². The van der Waals surface area contributed by atoms with Gasteiger partial charge in [-0.1, -0.05) is 24.3 Å². The van der Waals surface area contributed by atoms with Gasteiger partial charge in [0.1, 0.15) is 12.3 Å². The van der Waals surface area contributed by atoms with Crippen LogP contribution in [0.4, 0.5) is 11.6 Å². The molecule has 1 aliphatic heterocycles. The fourth-order valence-electron chi connectivity index (χ4n) is 4.88. The molecule has 0 bridgehead atoms. The number of carboxylic acids is 1. The van der Waals surface area contributed by atoms with E-state index in [0.29, 0.717) is 42.4 Å². The Balaban J connectivity index is 1.43. The molecule has 5 aromatic rings. The molecule has 1 saturated heterocycles. The Bertz CT molecular complexity index is 1650. The summed E-state index contributed by atoms with van der Waals surface area (Å²) in [6.07, 6.45) is 3.90. The standard InChI is InChI=1S/C27H26N8O3/c1-2-5-21-20-6-3-4-7-22(20)35(31-21)26-24-25(34(17-28-24)16-23(37)38)29-27(30-26)33-14-12-32(13-15-33)18-8-10-19(36)11-9-18/h2-4,6-11,17,36H,1,5,12-16H2,(H,37,38). The van der Waals surface area contributed by atoms with Crippen molar-refractivity contribution in [1.82, 2.24) is 29.3 Å². The summed E-state index contributed by atoms with van der Waals surface area (Å²) >= 11 is 0. The molecule has 1 fully saturated rings. The van der Waals surface area contributed by atoms with Crippen molar-refractivity contribution in [2.45, 2.75) is 13.0 Å². The van der Waals surface area contributed by atoms with Gasteiger partial charge in [0, 0.05) is 43.7 Å². The third-order valence-electron chi connectivity index (χ3n) is 6.72. The molecule has 0 amide bonds. The van der Waals surface area contributed by atoms with Crippen LogP contribution < -0.4 is 9.80 Å². The number of phenolic OH excluding ortho intramolecular Hbond substituents is 1. The van der Waals surface area contributed by atoms with E-state index in [-0.39, 0.29) is 12.3 Å². The predicted molar refractivity (Wildman–Crippen MR) is 144 cm³/mol. The van der Waals surface area contributed by atoms with Gasteiger partial charge in [-0.3, -0.25) is 4.79 Å². The molecule has 6 rings (SSSR count). The minimum absolute atomic E-state index is 0.238. The van der Waals surface area contributed by atoms with Crippen LogP contribution in [0.1, 0.15) is 5.69 Å². The fourth-order valence-corrected chi connectivity index (χ4v) is 4.88. The Labute approximate surface area is 217 Å². The van der Waals surface area contributed by atoms with E-state index in [0.717, 1.165) is 35.4 Å². The molecule has 0 atom stereocenters. The molecular formula is C27H26N8O3. The molecule has 0 radical (unpaired) electrons. The molecule has 4 heterocycles. The second-order valence-corrected chi connectivity index (χ2v) is 9.14. The average molecular weight is 511 g/mol. The Morgan fingerprint density at radius 2 is 1.74 bits per heavy atom. The van der Waals surface area contributed by atoms with Crippen molar-refractivity contribution in [3.63, 3.8) is 0 Å². The quantitative estimate of drug-likeness (QED) is 0.318. The first-order valence-electron chi connectivity index (χ1n) is 12.3. The van der Waals surface area contributed by atoms with E-state index in [9.17, 15) is 15.0 Å². The van der Waals surface area contributed by atoms with Crippen molar-refractivity contribution in [2.75, 3.05) is 36.0 Å². The summed E-state index contributed by atoms with van der Waals surface area (Å²) in [5, 5.41) is 24.9. The Morgan fingerprint density at radius 3 is 2.47 bits per heavy atom. The van der Waals surface area contributed by atoms with Crippen molar-refractivity contribution < 1.29 is 15.0 Å². The van der Waals surface area contributed by atoms with Crippen LogP contribution in [-0.2, 0) is 17.8 Å². The van der Waals surface area contributed by atoms with E-state index in [1.54, 1.807) is 16.8 Å². The third-order valence-corrected chi connectivity index (χ3v) is 6.72. The molecule has 192 valence electrons. The number of fused-ring (bicyclic) bond motifs is 2. The first-order chi connectivity index (χ1) is 18.5. The van der Waals surface area contributed by atoms with Crippen LogP contribution in [0, 0.1) is 0 Å². The molecule has 3 aromatic heterocycles. The third kappa shape index (κ3) is 4.17. The molecule has 0 unspecified atom stereocenters. The van der Waals surface area contributed by atoms with Crippen LogP contribution in [0.15, 0.2) is 67.5 Å². The van der Waals surface area contributed by atoms with Crippen LogP contribution in [0.3, 0.4) is 0 Å². The van der Waals surface area contributed by atoms with E-state index in [1.807, 2.05) is 42.5 Å². The summed E-state index contributed by atoms with van der Waals surface area (Å²) in [5.74, 6) is 0.254. The van der Waals surface area contributed by atoms with Crippen molar-refractivity contribution in [3.8, 4) is 11.6 Å². The van der Waals surface area contributed by atoms with E-state index < -0.39 is 5.97 Å². The number of hydrogen-bond donors (Lipinski definition) is 2. The SMILES string of the molecule is C=CCc1nn(-c2nc(N3CCN(c4ccc(O)cc4)CC3)nc3c2ncn3CC(=O)O)c2ccccc12. The number of piperazine rings is 1. The largest absolute Gasteiger partial charge is 0.508 e. The summed E-state index contributed by atoms with van der Waals surface area (Å²) in [7, 11) is 0. The van der Waals surface area contributed by atoms with Gasteiger partial charge >= 0.3 is 5.97 Å². The number of aromatic hydroxyl groups is 1. The van der Waals surface area contributed by atoms with E-state index in [2.05, 4.69) is 21.4 Å². The number of nitrogens with zero attached hydrogens (tertiary/aromatic N) is 8. The zero-order valence-corrected chi connectivity index (χ0v) is 20.6. The highest BCUT2D eigenvalue weighted by Crippen LogP contribution is 2.28. The van der Waals surface area contributed by atoms with Gasteiger partial charge in [0.25, 0.3) is 0 Å². The lowest BCUT2D eigenvalue weighted by Crippen LogP contribution is -2.47. The minimum Gasteiger partial charge on any atom is -0.508 e. The molecule has 1 aliphatic rings. The number of rotatable bonds is 7. The Kier molecular flexibility index (Phi) is 5.87. The van der Waals surface area contributed by atoms with Gasteiger partial charge in [-0.2, -0.15) is 15.1 Å². The summed E-state index contributed by atoms with van der Waals surface area (Å²) in [6.45, 7) is 6.42. The number of anilines is 2. The number of carboxylic acid groups (broad SMARTS) is 1. The maximum Gasteiger partial charge on any atom is 0.323 e. The molecule has 11 nitrogen and oxygen atoms in total. The van der Waals surface area contributed by atoms with Crippen LogP contribution in [-0.4, -0.2) is 71.7 Å². The van der Waals surface area contributed by atoms with E-state index >= 15 is 0 Å². The summed E-state index contributed by atoms with van der Waals surface area (Å²) < 4.78 is 3.29. The monoisotopic (exact) mass is 510 g/mol. The summed E-state index contributed by atoms with van der Waals surface area (Å²) in [5.41, 5.74) is 3.71. The van der Waals surface area contributed by atoms with Crippen LogP contribution in [0.25, 0.3) is 27.9 Å². The number of hydrogen-bond acceptors (Lipinski definition) is 8. The topological polar surface area (TPSA) is 125 Å². The summed E-state index contributed by atoms with van der Waals surface area (Å²) in [4.78, 5) is 30.1. The van der Waals surface area contributed by atoms with Gasteiger partial charge in [0.2, 0.25) is 5.95 Å². The Hall–Kier alpha value is -4.93. The van der Waals surface area contributed by atoms with Gasteiger partial charge in [-0.15, -0.1) is 6.58 Å². The van der Waals surface area contributed by atoms with Crippen molar-refractivity contribution in [3.05, 3.63) is 73.2 Å². The number of para-hydroxylation sites is 1. The molecule has 2 aromatic carbocycles. The highest BCUT2D eigenvalue weighted by atomic mass is 16.4. The van der Waals surface area contributed by atoms with Crippen LogP contribution in [0.5, 0.6) is 5.75 Å². The molecule has 11 heteroatoms. The smallest absolute Gasteiger partial charge is 0.323 e. The lowest BCUT2D eigenvalue weighted by atomic mass is 10.2. The van der Waals surface area contributed by atoms with Gasteiger partial charge in [0.15, 0.2) is 17.0 Å². The number of phenols is 1. The second kappa shape index (κ2) is 9.51. The molecule has 2 N–H and O–H groups in total. The number of aliphatic carboxylic acids is 1. The molecule has 0 spiro atoms. The number of carbonyl (C=O) groups is 1. The molecular weight excluding hydrogens is 484 g/mol. The first-order valence-corrected chi connectivity index (χ1v) is 12.3. The van der Waals surface area contributed by atoms with Gasteiger partial charge in [-0.25, -0.2) is 9.67 Å². The van der Waals surface area contributed by atoms with Crippen molar-refractivity contribution in [1.29, 1.82) is 0 Å². The predicted octanol–water partition coefficient (Wildman–Crippen LogP) is 3.01. The van der Waals surface area contributed by atoms with Crippen molar-refractivity contribution >= 4 is 39.7 Å². The van der Waals surface area contributed by atoms with Gasteiger partial charge < -0.3 is 24.6 Å². The molecule has 0 aliphatic carbocycles. The summed E-state index contributed by atoms with van der Waals surface area (Å²) in [6, 6.07) is 15.1. The fraction of sp³-hybridized carbons (Fsp3) is 0.222. The van der Waals surface area contributed by atoms with E-state index in [4.69, 9.17) is 15.1 Å². The number of benzene rings is 2. The number of aromatic nitrogens is 6. The van der Waals surface area contributed by atoms with Gasteiger partial charge in [0.05, 0.1) is 17.5 Å². The number of imidazole rings is 1. The maximum atomic E-state index is 11.5. The minimum atomic E-state index is -0.980. The number of allylic oxidation sites excluding steroid dienone is 1. The normalized spacial score (nSPS) is 13.9. The van der Waals surface area contributed by atoms with Crippen molar-refractivity contribution in [2.24, 2.45) is 0 Å². The average Bonchev–Trinajstić information content (AvgIpc) is 3.50. The zero-order chi connectivity index (χ0) is 26.2. The van der Waals surface area contributed by atoms with Crippen LogP contribution in [0.2, 0.25) is 0 Å². The van der Waals surface area contributed by atoms with E-state index in [1.165, 1.54) is 10.9 Å². The lowest BCUT2D eigenvalue weighted by Gasteiger charge is -2.36. The first kappa shape index (κ1) is 23.5. The Morgan fingerprint density at radius 1 is 1.00 bits per heavy atom. The van der Waals surface area contributed by atoms with Crippen LogP contribution >= 0.6 is 0 Å². The highest BCUT2D eigenvalue weighted by molar-refractivity contribution is 5.88. The molecule has 0 saturated carbocycles. The zero-order valence-electron chi connectivity index (χ0n) is 20.6. The lowest BCUT2D eigenvalue weighted by molar-refractivity contribution is -0.137. The highest BCUT2D eigenvalue weighted by Gasteiger charge is 2.24. The molecule has 38 heavy (non-hydrogen) atoms. The maximum absolute atomic E-state index is 11.5. The second-order valence-electron chi connectivity index (χ2n) is 9.14.